The monoisotopic (exact) mass is 390 g/mol. The average Bonchev–Trinajstić information content (AvgIpc) is 3.18. The minimum absolute atomic E-state index is 0.140. The fraction of sp³-hybridized carbons (Fsp3) is 0.368. The van der Waals surface area contributed by atoms with Gasteiger partial charge in [-0.2, -0.15) is 13.2 Å². The first-order valence-corrected chi connectivity index (χ1v) is 8.85. The van der Waals surface area contributed by atoms with E-state index in [2.05, 4.69) is 10.3 Å². The van der Waals surface area contributed by atoms with Crippen LogP contribution in [0.3, 0.4) is 0 Å². The third-order valence-electron chi connectivity index (χ3n) is 5.16. The summed E-state index contributed by atoms with van der Waals surface area (Å²) in [6.45, 7) is 2.77. The normalized spacial score (nSPS) is 16.7. The van der Waals surface area contributed by atoms with Crippen molar-refractivity contribution in [2.45, 2.75) is 19.6 Å². The van der Waals surface area contributed by atoms with Crippen LogP contribution in [-0.4, -0.2) is 51.3 Å². The van der Waals surface area contributed by atoms with Crippen molar-refractivity contribution in [1.82, 2.24) is 29.7 Å². The van der Waals surface area contributed by atoms with Gasteiger partial charge in [-0.15, -0.1) is 0 Å². The Morgan fingerprint density at radius 2 is 1.82 bits per heavy atom. The van der Waals surface area contributed by atoms with E-state index in [9.17, 15) is 13.2 Å². The molecular formula is C19H21F3N6. The molecule has 2 aliphatic rings. The van der Waals surface area contributed by atoms with E-state index >= 15 is 0 Å². The number of alkyl halides is 3. The zero-order valence-corrected chi connectivity index (χ0v) is 16.1. The summed E-state index contributed by atoms with van der Waals surface area (Å²) in [6, 6.07) is 3.90. The molecule has 0 aromatic carbocycles. The van der Waals surface area contributed by atoms with Gasteiger partial charge in [-0.25, -0.2) is 9.97 Å². The summed E-state index contributed by atoms with van der Waals surface area (Å²) in [4.78, 5) is 12.5. The number of pyridine rings is 1. The molecule has 0 aliphatic carbocycles. The predicted octanol–water partition coefficient (Wildman–Crippen LogP) is 2.93. The highest BCUT2D eigenvalue weighted by Crippen LogP contribution is 2.36. The van der Waals surface area contributed by atoms with Crippen molar-refractivity contribution in [2.75, 3.05) is 20.8 Å². The Balaban J connectivity index is 1.81. The van der Waals surface area contributed by atoms with Crippen molar-refractivity contribution in [1.29, 1.82) is 0 Å². The Morgan fingerprint density at radius 1 is 1.07 bits per heavy atom. The van der Waals surface area contributed by atoms with Crippen LogP contribution in [-0.2, 0) is 13.6 Å². The lowest BCUT2D eigenvalue weighted by molar-refractivity contribution is -0.109. The lowest BCUT2D eigenvalue weighted by atomic mass is 10.1. The molecule has 1 N–H and O–H groups in total. The number of nitrogens with one attached hydrogen (secondary N) is 1. The molecule has 0 unspecified atom stereocenters. The van der Waals surface area contributed by atoms with E-state index in [1.165, 1.54) is 11.9 Å². The maximum Gasteiger partial charge on any atom is 0.431 e. The molecule has 2 aromatic rings. The van der Waals surface area contributed by atoms with Gasteiger partial charge in [0.25, 0.3) is 0 Å². The highest BCUT2D eigenvalue weighted by molar-refractivity contribution is 5.68. The number of halogens is 3. The number of nitrogens with zero attached hydrogens (tertiary/aromatic N) is 5. The molecular weight excluding hydrogens is 369 g/mol. The van der Waals surface area contributed by atoms with Gasteiger partial charge in [-0.3, -0.25) is 0 Å². The van der Waals surface area contributed by atoms with E-state index < -0.39 is 11.9 Å². The smallest absolute Gasteiger partial charge is 0.372 e. The Labute approximate surface area is 161 Å². The largest absolute Gasteiger partial charge is 0.431 e. The van der Waals surface area contributed by atoms with E-state index in [1.807, 2.05) is 48.8 Å². The standard InChI is InChI=1S/C19H21F3N6/c1-11-5-6-12(14-8-23-10-27(14)3)24-17(11)18-25-13-7-16(19(20,21)22)26(2)9-15(13)28(18)4/h5-8,23H,9-10H2,1-4H3. The number of imidazole rings is 1. The molecule has 28 heavy (non-hydrogen) atoms. The van der Waals surface area contributed by atoms with Gasteiger partial charge in [0.1, 0.15) is 11.4 Å². The first-order chi connectivity index (χ1) is 13.2. The zero-order chi connectivity index (χ0) is 20.2. The lowest BCUT2D eigenvalue weighted by Crippen LogP contribution is -2.31. The molecule has 2 aliphatic heterocycles. The van der Waals surface area contributed by atoms with Crippen LogP contribution >= 0.6 is 0 Å². The fourth-order valence-electron chi connectivity index (χ4n) is 3.56. The van der Waals surface area contributed by atoms with Crippen molar-refractivity contribution in [2.24, 2.45) is 7.05 Å². The summed E-state index contributed by atoms with van der Waals surface area (Å²) in [5.41, 5.74) is 3.71. The summed E-state index contributed by atoms with van der Waals surface area (Å²) in [7, 11) is 5.22. The Bertz CT molecular complexity index is 1000. The molecule has 6 nitrogen and oxygen atoms in total. The van der Waals surface area contributed by atoms with Crippen LogP contribution in [0.5, 0.6) is 0 Å². The molecule has 0 saturated carbocycles. The molecule has 0 radical (unpaired) electrons. The summed E-state index contributed by atoms with van der Waals surface area (Å²) in [5, 5.41) is 3.15. The molecule has 2 aromatic heterocycles. The maximum absolute atomic E-state index is 13.3. The summed E-state index contributed by atoms with van der Waals surface area (Å²) < 4.78 is 41.6. The quantitative estimate of drug-likeness (QED) is 0.855. The van der Waals surface area contributed by atoms with Gasteiger partial charge >= 0.3 is 6.18 Å². The number of aryl methyl sites for hydroxylation is 1. The van der Waals surface area contributed by atoms with Crippen LogP contribution in [0.25, 0.3) is 23.3 Å². The second-order valence-corrected chi connectivity index (χ2v) is 7.16. The van der Waals surface area contributed by atoms with Gasteiger partial charge in [0.2, 0.25) is 0 Å². The molecule has 0 saturated heterocycles. The van der Waals surface area contributed by atoms with Crippen molar-refractivity contribution in [3.05, 3.63) is 46.7 Å². The van der Waals surface area contributed by atoms with Gasteiger partial charge in [0.05, 0.1) is 36.0 Å². The van der Waals surface area contributed by atoms with Crippen LogP contribution in [0.1, 0.15) is 22.6 Å². The van der Waals surface area contributed by atoms with Crippen LogP contribution < -0.4 is 5.32 Å². The zero-order valence-electron chi connectivity index (χ0n) is 16.1. The van der Waals surface area contributed by atoms with Crippen LogP contribution in [0.15, 0.2) is 24.0 Å². The number of hydrogen-bond acceptors (Lipinski definition) is 5. The molecule has 148 valence electrons. The van der Waals surface area contributed by atoms with E-state index in [0.29, 0.717) is 23.9 Å². The molecule has 4 heterocycles. The molecule has 4 rings (SSSR count). The molecule has 0 spiro atoms. The second kappa shape index (κ2) is 6.29. The van der Waals surface area contributed by atoms with Crippen molar-refractivity contribution in [3.63, 3.8) is 0 Å². The predicted molar refractivity (Wildman–Crippen MR) is 100 cm³/mol. The van der Waals surface area contributed by atoms with Gasteiger partial charge in [0.15, 0.2) is 5.82 Å². The van der Waals surface area contributed by atoms with Crippen molar-refractivity contribution < 1.29 is 13.2 Å². The van der Waals surface area contributed by atoms with E-state index in [0.717, 1.165) is 28.7 Å². The Morgan fingerprint density at radius 3 is 2.46 bits per heavy atom. The fourth-order valence-corrected chi connectivity index (χ4v) is 3.56. The SMILES string of the molecule is Cc1ccc(C2=CNCN2C)nc1-c1nc2c(n1C)CN(C)C(C(F)(F)F)=C2. The van der Waals surface area contributed by atoms with Gasteiger partial charge in [-0.1, -0.05) is 6.07 Å². The number of fused-ring (bicyclic) bond motifs is 1. The average molecular weight is 390 g/mol. The molecule has 0 bridgehead atoms. The summed E-state index contributed by atoms with van der Waals surface area (Å²) in [6.07, 6.45) is -1.40. The number of aromatic nitrogens is 3. The molecule has 0 atom stereocenters. The first-order valence-electron chi connectivity index (χ1n) is 8.85. The van der Waals surface area contributed by atoms with Crippen molar-refractivity contribution >= 4 is 11.8 Å². The third-order valence-corrected chi connectivity index (χ3v) is 5.16. The van der Waals surface area contributed by atoms with Crippen LogP contribution in [0.4, 0.5) is 13.2 Å². The second-order valence-electron chi connectivity index (χ2n) is 7.16. The molecule has 0 amide bonds. The summed E-state index contributed by atoms with van der Waals surface area (Å²) >= 11 is 0. The topological polar surface area (TPSA) is 49.2 Å². The van der Waals surface area contributed by atoms with E-state index in [4.69, 9.17) is 4.98 Å². The minimum atomic E-state index is -4.41. The van der Waals surface area contributed by atoms with Gasteiger partial charge in [-0.05, 0) is 24.6 Å². The number of rotatable bonds is 2. The summed E-state index contributed by atoms with van der Waals surface area (Å²) in [5.74, 6) is 0.562. The van der Waals surface area contributed by atoms with Crippen molar-refractivity contribution in [3.8, 4) is 11.5 Å². The minimum Gasteiger partial charge on any atom is -0.372 e. The molecule has 0 fully saturated rings. The highest BCUT2D eigenvalue weighted by Gasteiger charge is 2.39. The van der Waals surface area contributed by atoms with Crippen LogP contribution in [0, 0.1) is 6.92 Å². The maximum atomic E-state index is 13.3. The Hall–Kier alpha value is -2.97. The van der Waals surface area contributed by atoms with Crippen LogP contribution in [0.2, 0.25) is 0 Å². The van der Waals surface area contributed by atoms with Gasteiger partial charge < -0.3 is 19.7 Å². The van der Waals surface area contributed by atoms with E-state index in [1.54, 1.807) is 0 Å². The highest BCUT2D eigenvalue weighted by atomic mass is 19.4. The van der Waals surface area contributed by atoms with Gasteiger partial charge in [0, 0.05) is 27.3 Å². The first kappa shape index (κ1) is 18.4. The number of allylic oxidation sites excluding steroid dienone is 1. The third kappa shape index (κ3) is 2.90. The molecule has 9 heteroatoms. The lowest BCUT2D eigenvalue weighted by Gasteiger charge is -2.27. The van der Waals surface area contributed by atoms with E-state index in [-0.39, 0.29) is 6.54 Å². The Kier molecular flexibility index (Phi) is 4.13. The number of hydrogen-bond donors (Lipinski definition) is 1.